The van der Waals surface area contributed by atoms with Crippen molar-refractivity contribution in [1.82, 2.24) is 0 Å². The highest BCUT2D eigenvalue weighted by Gasteiger charge is 2.34. The number of ether oxygens (including phenoxy) is 2. The van der Waals surface area contributed by atoms with E-state index in [0.29, 0.717) is 5.56 Å². The van der Waals surface area contributed by atoms with E-state index in [4.69, 9.17) is 9.47 Å². The molecule has 0 unspecified atom stereocenters. The largest absolute Gasteiger partial charge is 0.417 e. The molecule has 1 aromatic carbocycles. The van der Waals surface area contributed by atoms with Crippen molar-refractivity contribution in [2.24, 2.45) is 0 Å². The molecule has 1 aliphatic heterocycles. The first kappa shape index (κ1) is 14.9. The van der Waals surface area contributed by atoms with Crippen LogP contribution in [0.3, 0.4) is 0 Å². The highest BCUT2D eigenvalue weighted by Crippen LogP contribution is 2.29. The number of rotatable bonds is 3. The minimum atomic E-state index is -0.989. The van der Waals surface area contributed by atoms with Crippen molar-refractivity contribution in [2.75, 3.05) is 6.26 Å². The van der Waals surface area contributed by atoms with E-state index in [1.54, 1.807) is 23.9 Å². The first-order valence-corrected chi connectivity index (χ1v) is 8.59. The summed E-state index contributed by atoms with van der Waals surface area (Å²) in [5, 5.41) is 1.86. The smallest absolute Gasteiger partial charge is 0.348 e. The standard InChI is InChI=1S/C16H12O4S2/c1-21-11-6-4-10(5-7-11)16-19-14(17)13(15(18)20-16)9-12-3-2-8-22-12/h2-9,16H,1H3. The lowest BCUT2D eigenvalue weighted by molar-refractivity contribution is -0.195. The van der Waals surface area contributed by atoms with Crippen LogP contribution < -0.4 is 0 Å². The van der Waals surface area contributed by atoms with Gasteiger partial charge in [-0.2, -0.15) is 0 Å². The van der Waals surface area contributed by atoms with Crippen molar-refractivity contribution < 1.29 is 19.1 Å². The maximum atomic E-state index is 12.0. The second-order valence-corrected chi connectivity index (χ2v) is 6.35. The van der Waals surface area contributed by atoms with E-state index in [1.807, 2.05) is 35.9 Å². The Morgan fingerprint density at radius 1 is 1.09 bits per heavy atom. The molecule has 4 nitrogen and oxygen atoms in total. The zero-order valence-corrected chi connectivity index (χ0v) is 13.3. The van der Waals surface area contributed by atoms with Gasteiger partial charge in [0.15, 0.2) is 0 Å². The molecule has 0 aliphatic carbocycles. The van der Waals surface area contributed by atoms with E-state index >= 15 is 0 Å². The van der Waals surface area contributed by atoms with E-state index in [0.717, 1.165) is 9.77 Å². The molecule has 0 N–H and O–H groups in total. The molecule has 112 valence electrons. The topological polar surface area (TPSA) is 52.6 Å². The number of carbonyl (C=O) groups excluding carboxylic acids is 2. The molecule has 6 heteroatoms. The minimum Gasteiger partial charge on any atom is -0.417 e. The van der Waals surface area contributed by atoms with Crippen molar-refractivity contribution in [3.63, 3.8) is 0 Å². The van der Waals surface area contributed by atoms with Crippen molar-refractivity contribution in [3.8, 4) is 0 Å². The second kappa shape index (κ2) is 6.37. The predicted molar refractivity (Wildman–Crippen MR) is 85.4 cm³/mol. The van der Waals surface area contributed by atoms with Gasteiger partial charge in [-0.3, -0.25) is 0 Å². The van der Waals surface area contributed by atoms with E-state index in [9.17, 15) is 9.59 Å². The fourth-order valence-corrected chi connectivity index (χ4v) is 3.02. The Morgan fingerprint density at radius 2 is 1.77 bits per heavy atom. The van der Waals surface area contributed by atoms with Crippen molar-refractivity contribution in [1.29, 1.82) is 0 Å². The van der Waals surface area contributed by atoms with Gasteiger partial charge in [0, 0.05) is 15.3 Å². The Labute approximate surface area is 135 Å². The normalized spacial score (nSPS) is 17.9. The number of esters is 2. The monoisotopic (exact) mass is 332 g/mol. The molecule has 1 fully saturated rings. The number of hydrogen-bond donors (Lipinski definition) is 0. The number of thioether (sulfide) groups is 1. The molecule has 1 aliphatic rings. The third-order valence-corrected chi connectivity index (χ3v) is 4.65. The average molecular weight is 332 g/mol. The highest BCUT2D eigenvalue weighted by molar-refractivity contribution is 7.98. The molecule has 0 amide bonds. The number of benzene rings is 1. The quantitative estimate of drug-likeness (QED) is 0.372. The second-order valence-electron chi connectivity index (χ2n) is 4.49. The van der Waals surface area contributed by atoms with Gasteiger partial charge in [0.25, 0.3) is 6.29 Å². The van der Waals surface area contributed by atoms with Gasteiger partial charge in [-0.25, -0.2) is 9.59 Å². The lowest BCUT2D eigenvalue weighted by atomic mass is 10.1. The zero-order valence-electron chi connectivity index (χ0n) is 11.6. The van der Waals surface area contributed by atoms with Gasteiger partial charge in [0.1, 0.15) is 5.57 Å². The van der Waals surface area contributed by atoms with Gasteiger partial charge in [0.2, 0.25) is 0 Å². The van der Waals surface area contributed by atoms with Crippen LogP contribution in [-0.2, 0) is 19.1 Å². The summed E-state index contributed by atoms with van der Waals surface area (Å²) < 4.78 is 10.5. The molecule has 0 radical (unpaired) electrons. The van der Waals surface area contributed by atoms with Gasteiger partial charge in [0.05, 0.1) is 0 Å². The van der Waals surface area contributed by atoms with Gasteiger partial charge in [-0.15, -0.1) is 23.1 Å². The summed E-state index contributed by atoms with van der Waals surface area (Å²) in [7, 11) is 0. The summed E-state index contributed by atoms with van der Waals surface area (Å²) in [6.45, 7) is 0. The molecular weight excluding hydrogens is 320 g/mol. The molecule has 1 saturated heterocycles. The van der Waals surface area contributed by atoms with Crippen LogP contribution in [0.5, 0.6) is 0 Å². The van der Waals surface area contributed by atoms with E-state index in [2.05, 4.69) is 0 Å². The highest BCUT2D eigenvalue weighted by atomic mass is 32.2. The Balaban J connectivity index is 1.80. The number of cyclic esters (lactones) is 2. The predicted octanol–water partition coefficient (Wildman–Crippen LogP) is 3.65. The lowest BCUT2D eigenvalue weighted by Gasteiger charge is -2.24. The number of thiophene rings is 1. The Morgan fingerprint density at radius 3 is 2.32 bits per heavy atom. The van der Waals surface area contributed by atoms with E-state index in [-0.39, 0.29) is 5.57 Å². The molecule has 0 bridgehead atoms. The van der Waals surface area contributed by atoms with Crippen LogP contribution in [0, 0.1) is 0 Å². The summed E-state index contributed by atoms with van der Waals surface area (Å²) in [5.74, 6) is -1.33. The third kappa shape index (κ3) is 3.08. The zero-order chi connectivity index (χ0) is 15.5. The fraction of sp³-hybridized carbons (Fsp3) is 0.125. The molecule has 2 aromatic rings. The van der Waals surface area contributed by atoms with Gasteiger partial charge in [-0.05, 0) is 35.9 Å². The van der Waals surface area contributed by atoms with Gasteiger partial charge < -0.3 is 9.47 Å². The summed E-state index contributed by atoms with van der Waals surface area (Å²) in [4.78, 5) is 26.0. The maximum absolute atomic E-state index is 12.0. The summed E-state index contributed by atoms with van der Waals surface area (Å²) in [5.41, 5.74) is 0.550. The average Bonchev–Trinajstić information content (AvgIpc) is 3.04. The maximum Gasteiger partial charge on any atom is 0.348 e. The van der Waals surface area contributed by atoms with Crippen LogP contribution in [0.4, 0.5) is 0 Å². The van der Waals surface area contributed by atoms with Crippen molar-refractivity contribution >= 4 is 41.1 Å². The van der Waals surface area contributed by atoms with Crippen molar-refractivity contribution in [3.05, 3.63) is 57.8 Å². The summed E-state index contributed by atoms with van der Waals surface area (Å²) in [6, 6.07) is 11.0. The Hall–Kier alpha value is -2.05. The molecule has 22 heavy (non-hydrogen) atoms. The molecule has 0 atom stereocenters. The number of carbonyl (C=O) groups is 2. The fourth-order valence-electron chi connectivity index (χ4n) is 1.96. The Bertz CT molecular complexity index is 697. The molecule has 2 heterocycles. The van der Waals surface area contributed by atoms with Crippen LogP contribution in [0.15, 0.2) is 52.2 Å². The first-order chi connectivity index (χ1) is 10.7. The van der Waals surface area contributed by atoms with E-state index < -0.39 is 18.2 Å². The Kier molecular flexibility index (Phi) is 4.31. The summed E-state index contributed by atoms with van der Waals surface area (Å²) >= 11 is 3.03. The van der Waals surface area contributed by atoms with Gasteiger partial charge in [-0.1, -0.05) is 18.2 Å². The van der Waals surface area contributed by atoms with Crippen molar-refractivity contribution in [2.45, 2.75) is 11.2 Å². The van der Waals surface area contributed by atoms with E-state index in [1.165, 1.54) is 17.4 Å². The van der Waals surface area contributed by atoms with Crippen LogP contribution in [0.2, 0.25) is 0 Å². The molecule has 0 saturated carbocycles. The molecule has 3 rings (SSSR count). The van der Waals surface area contributed by atoms with Crippen LogP contribution in [0.25, 0.3) is 6.08 Å². The van der Waals surface area contributed by atoms with Crippen LogP contribution in [-0.4, -0.2) is 18.2 Å². The number of hydrogen-bond acceptors (Lipinski definition) is 6. The SMILES string of the molecule is CSc1ccc(C2OC(=O)C(=Cc3cccs3)C(=O)O2)cc1. The first-order valence-electron chi connectivity index (χ1n) is 6.48. The molecule has 0 spiro atoms. The third-order valence-electron chi connectivity index (χ3n) is 3.09. The van der Waals surface area contributed by atoms with Crippen LogP contribution >= 0.6 is 23.1 Å². The van der Waals surface area contributed by atoms with Crippen LogP contribution in [0.1, 0.15) is 16.7 Å². The molecule has 1 aromatic heterocycles. The summed E-state index contributed by atoms with van der Waals surface area (Å²) in [6.07, 6.45) is 2.47. The minimum absolute atomic E-state index is 0.0839. The van der Waals surface area contributed by atoms with Gasteiger partial charge >= 0.3 is 11.9 Å². The lowest BCUT2D eigenvalue weighted by Crippen LogP contribution is -2.29. The molecular formula is C16H12O4S2.